The summed E-state index contributed by atoms with van der Waals surface area (Å²) in [7, 11) is -4.20. The molecule has 9 nitrogen and oxygen atoms in total. The first kappa shape index (κ1) is 23.2. The van der Waals surface area contributed by atoms with Crippen molar-refractivity contribution in [3.8, 4) is 11.5 Å². The van der Waals surface area contributed by atoms with Crippen LogP contribution < -0.4 is 14.4 Å². The molecule has 0 spiro atoms. The molecule has 0 unspecified atom stereocenters. The molecule has 3 aromatic rings. The number of imide groups is 2. The van der Waals surface area contributed by atoms with Gasteiger partial charge in [0.15, 0.2) is 0 Å². The highest BCUT2D eigenvalue weighted by Gasteiger charge is 2.37. The Morgan fingerprint density at radius 1 is 0.941 bits per heavy atom. The highest BCUT2D eigenvalue weighted by molar-refractivity contribution is 9.10. The van der Waals surface area contributed by atoms with E-state index in [1.54, 1.807) is 18.2 Å². The predicted octanol–water partition coefficient (Wildman–Crippen LogP) is 3.59. The Hall–Kier alpha value is -3.96. The molecule has 1 aliphatic heterocycles. The number of aromatic hydroxyl groups is 1. The SMILES string of the molecule is O=C1NC(=O)N(c2ccc(O)cc2)C(=O)/C1=C/c1cc(Br)ccc1OS(=O)(=O)c1ccccc1. The largest absolute Gasteiger partial charge is 0.508 e. The van der Waals surface area contributed by atoms with Crippen LogP contribution in [-0.2, 0) is 19.7 Å². The van der Waals surface area contributed by atoms with Crippen LogP contribution in [0.2, 0.25) is 0 Å². The maximum atomic E-state index is 13.1. The molecule has 0 aliphatic carbocycles. The molecule has 172 valence electrons. The van der Waals surface area contributed by atoms with Crippen molar-refractivity contribution < 1.29 is 32.1 Å². The molecule has 11 heteroatoms. The number of hydrogen-bond acceptors (Lipinski definition) is 7. The lowest BCUT2D eigenvalue weighted by Gasteiger charge is -2.26. The minimum atomic E-state index is -4.20. The Kier molecular flexibility index (Phi) is 6.22. The van der Waals surface area contributed by atoms with E-state index in [1.807, 2.05) is 0 Å². The molecule has 0 radical (unpaired) electrons. The van der Waals surface area contributed by atoms with Crippen molar-refractivity contribution in [3.63, 3.8) is 0 Å². The van der Waals surface area contributed by atoms with Crippen LogP contribution in [0.5, 0.6) is 11.5 Å². The maximum Gasteiger partial charge on any atom is 0.339 e. The van der Waals surface area contributed by atoms with Crippen LogP contribution in [0.3, 0.4) is 0 Å². The molecular formula is C23H15BrN2O7S. The fourth-order valence-electron chi connectivity index (χ4n) is 3.11. The van der Waals surface area contributed by atoms with Crippen molar-refractivity contribution in [3.05, 3.63) is 88.4 Å². The van der Waals surface area contributed by atoms with Gasteiger partial charge < -0.3 is 9.29 Å². The second kappa shape index (κ2) is 9.12. The monoisotopic (exact) mass is 542 g/mol. The fourth-order valence-corrected chi connectivity index (χ4v) is 4.46. The first-order valence-corrected chi connectivity index (χ1v) is 11.9. The third-order valence-electron chi connectivity index (χ3n) is 4.71. The van der Waals surface area contributed by atoms with Crippen molar-refractivity contribution in [2.24, 2.45) is 0 Å². The number of carbonyl (C=O) groups is 3. The van der Waals surface area contributed by atoms with E-state index in [1.165, 1.54) is 54.6 Å². The van der Waals surface area contributed by atoms with E-state index in [0.29, 0.717) is 4.47 Å². The average Bonchev–Trinajstić information content (AvgIpc) is 2.80. The Morgan fingerprint density at radius 3 is 2.29 bits per heavy atom. The first-order valence-electron chi connectivity index (χ1n) is 9.65. The number of anilines is 1. The molecule has 1 fully saturated rings. The molecule has 3 aromatic carbocycles. The van der Waals surface area contributed by atoms with E-state index in [9.17, 15) is 27.9 Å². The molecule has 0 atom stereocenters. The number of carbonyl (C=O) groups excluding carboxylic acids is 3. The number of rotatable bonds is 5. The Balaban J connectivity index is 1.75. The predicted molar refractivity (Wildman–Crippen MR) is 126 cm³/mol. The fraction of sp³-hybridized carbons (Fsp3) is 0. The van der Waals surface area contributed by atoms with Gasteiger partial charge in [-0.15, -0.1) is 0 Å². The number of phenols is 1. The number of phenolic OH excluding ortho intramolecular Hbond substituents is 1. The number of nitrogens with zero attached hydrogens (tertiary/aromatic N) is 1. The van der Waals surface area contributed by atoms with Gasteiger partial charge in [0.1, 0.15) is 22.0 Å². The number of halogens is 1. The number of hydrogen-bond donors (Lipinski definition) is 2. The van der Waals surface area contributed by atoms with E-state index in [2.05, 4.69) is 21.2 Å². The van der Waals surface area contributed by atoms with Crippen LogP contribution >= 0.6 is 15.9 Å². The zero-order chi connectivity index (χ0) is 24.5. The van der Waals surface area contributed by atoms with Crippen molar-refractivity contribution in [2.45, 2.75) is 4.90 Å². The molecule has 0 bridgehead atoms. The summed E-state index contributed by atoms with van der Waals surface area (Å²) in [6, 6.07) is 16.1. The topological polar surface area (TPSA) is 130 Å². The number of nitrogens with one attached hydrogen (secondary N) is 1. The van der Waals surface area contributed by atoms with Crippen molar-refractivity contribution in [1.82, 2.24) is 5.32 Å². The molecule has 4 rings (SSSR count). The van der Waals surface area contributed by atoms with Gasteiger partial charge in [-0.1, -0.05) is 34.1 Å². The lowest BCUT2D eigenvalue weighted by atomic mass is 10.1. The zero-order valence-electron chi connectivity index (χ0n) is 17.1. The summed E-state index contributed by atoms with van der Waals surface area (Å²) in [6.45, 7) is 0. The van der Waals surface area contributed by atoms with Crippen molar-refractivity contribution >= 4 is 55.7 Å². The van der Waals surface area contributed by atoms with Gasteiger partial charge in [-0.3, -0.25) is 14.9 Å². The smallest absolute Gasteiger partial charge is 0.339 e. The number of barbiturate groups is 1. The zero-order valence-corrected chi connectivity index (χ0v) is 19.5. The summed E-state index contributed by atoms with van der Waals surface area (Å²) in [4.78, 5) is 38.6. The van der Waals surface area contributed by atoms with Crippen LogP contribution in [0.25, 0.3) is 6.08 Å². The van der Waals surface area contributed by atoms with E-state index >= 15 is 0 Å². The van der Waals surface area contributed by atoms with Gasteiger partial charge in [-0.25, -0.2) is 9.69 Å². The van der Waals surface area contributed by atoms with E-state index in [4.69, 9.17) is 4.18 Å². The maximum absolute atomic E-state index is 13.1. The quantitative estimate of drug-likeness (QED) is 0.286. The normalized spacial score (nSPS) is 15.4. The first-order chi connectivity index (χ1) is 16.2. The third-order valence-corrected chi connectivity index (χ3v) is 6.45. The molecule has 34 heavy (non-hydrogen) atoms. The lowest BCUT2D eigenvalue weighted by Crippen LogP contribution is -2.54. The minimum Gasteiger partial charge on any atom is -0.508 e. The Morgan fingerprint density at radius 2 is 1.62 bits per heavy atom. The Labute approximate surface area is 202 Å². The third kappa shape index (κ3) is 4.70. The Bertz CT molecular complexity index is 1440. The summed E-state index contributed by atoms with van der Waals surface area (Å²) in [6.07, 6.45) is 1.14. The number of amides is 4. The van der Waals surface area contributed by atoms with E-state index in [0.717, 1.165) is 11.0 Å². The van der Waals surface area contributed by atoms with Crippen molar-refractivity contribution in [1.29, 1.82) is 0 Å². The van der Waals surface area contributed by atoms with Crippen LogP contribution in [0.15, 0.2) is 87.7 Å². The number of benzene rings is 3. The van der Waals surface area contributed by atoms with Gasteiger partial charge in [0.05, 0.1) is 5.69 Å². The highest BCUT2D eigenvalue weighted by atomic mass is 79.9. The van der Waals surface area contributed by atoms with Crippen LogP contribution in [-0.4, -0.2) is 31.4 Å². The van der Waals surface area contributed by atoms with E-state index in [-0.39, 0.29) is 27.6 Å². The second-order valence-corrected chi connectivity index (χ2v) is 9.47. The van der Waals surface area contributed by atoms with Gasteiger partial charge in [0.25, 0.3) is 11.8 Å². The summed E-state index contributed by atoms with van der Waals surface area (Å²) in [5.74, 6) is -2.10. The molecule has 4 amide bonds. The standard InChI is InChI=1S/C23H15BrN2O7S/c24-15-6-11-20(33-34(31,32)18-4-2-1-3-5-18)14(12-15)13-19-21(28)25-23(30)26(22(19)29)16-7-9-17(27)10-8-16/h1-13,27H,(H,25,28,30)/b19-13+. The molecule has 0 aromatic heterocycles. The van der Waals surface area contributed by atoms with Crippen LogP contribution in [0.4, 0.5) is 10.5 Å². The summed E-state index contributed by atoms with van der Waals surface area (Å²) < 4.78 is 31.2. The summed E-state index contributed by atoms with van der Waals surface area (Å²) in [5.41, 5.74) is -0.198. The highest BCUT2D eigenvalue weighted by Crippen LogP contribution is 2.30. The van der Waals surface area contributed by atoms with Gasteiger partial charge in [0.2, 0.25) is 0 Å². The minimum absolute atomic E-state index is 0.0731. The second-order valence-electron chi connectivity index (χ2n) is 7.01. The summed E-state index contributed by atoms with van der Waals surface area (Å²) >= 11 is 3.27. The van der Waals surface area contributed by atoms with Gasteiger partial charge >= 0.3 is 16.1 Å². The van der Waals surface area contributed by atoms with Gasteiger partial charge in [0, 0.05) is 10.0 Å². The molecule has 1 heterocycles. The van der Waals surface area contributed by atoms with Crippen LogP contribution in [0, 0.1) is 0 Å². The molecule has 1 saturated heterocycles. The van der Waals surface area contributed by atoms with Gasteiger partial charge in [-0.05, 0) is 60.7 Å². The van der Waals surface area contributed by atoms with Gasteiger partial charge in [-0.2, -0.15) is 8.42 Å². The van der Waals surface area contributed by atoms with Crippen molar-refractivity contribution in [2.75, 3.05) is 4.90 Å². The molecular weight excluding hydrogens is 528 g/mol. The van der Waals surface area contributed by atoms with E-state index < -0.39 is 33.5 Å². The molecule has 1 aliphatic rings. The average molecular weight is 543 g/mol. The molecule has 0 saturated carbocycles. The molecule has 2 N–H and O–H groups in total. The number of urea groups is 1. The van der Waals surface area contributed by atoms with Crippen LogP contribution in [0.1, 0.15) is 5.56 Å². The lowest BCUT2D eigenvalue weighted by molar-refractivity contribution is -0.122. The summed E-state index contributed by atoms with van der Waals surface area (Å²) in [5, 5.41) is 11.5.